The summed E-state index contributed by atoms with van der Waals surface area (Å²) < 4.78 is 5.61. The number of hydrogen-bond donors (Lipinski definition) is 0. The predicted octanol–water partition coefficient (Wildman–Crippen LogP) is 4.20. The van der Waals surface area contributed by atoms with Crippen LogP contribution in [0.15, 0.2) is 54.6 Å². The van der Waals surface area contributed by atoms with Gasteiger partial charge in [-0.15, -0.1) is 0 Å². The molecule has 0 aliphatic carbocycles. The van der Waals surface area contributed by atoms with Crippen LogP contribution in [0.25, 0.3) is 23.2 Å². The summed E-state index contributed by atoms with van der Waals surface area (Å²) >= 11 is 0. The molecule has 21 heavy (non-hydrogen) atoms. The van der Waals surface area contributed by atoms with Crippen molar-refractivity contribution in [3.05, 3.63) is 65.9 Å². The monoisotopic (exact) mass is 276 g/mol. The van der Waals surface area contributed by atoms with E-state index in [4.69, 9.17) is 4.74 Å². The lowest BCUT2D eigenvalue weighted by molar-refractivity contribution is 0.326. The molecule has 3 nitrogen and oxygen atoms in total. The molecule has 0 atom stereocenters. The van der Waals surface area contributed by atoms with Crippen LogP contribution in [0.1, 0.15) is 18.2 Å². The summed E-state index contributed by atoms with van der Waals surface area (Å²) in [5, 5.41) is 0. The molecule has 1 aromatic heterocycles. The molecule has 3 rings (SSSR count). The van der Waals surface area contributed by atoms with Crippen LogP contribution in [-0.4, -0.2) is 16.6 Å². The number of para-hydroxylation sites is 2. The Balaban J connectivity index is 2.03. The second-order valence-electron chi connectivity index (χ2n) is 4.58. The van der Waals surface area contributed by atoms with Gasteiger partial charge in [0.25, 0.3) is 0 Å². The van der Waals surface area contributed by atoms with Crippen LogP contribution < -0.4 is 4.74 Å². The van der Waals surface area contributed by atoms with E-state index in [1.165, 1.54) is 0 Å². The van der Waals surface area contributed by atoms with Crippen LogP contribution in [0.3, 0.4) is 0 Å². The predicted molar refractivity (Wildman–Crippen MR) is 86.1 cm³/mol. The topological polar surface area (TPSA) is 35.0 Å². The molecular formula is C18H16N2O. The molecule has 0 N–H and O–H groups in total. The van der Waals surface area contributed by atoms with Crippen molar-refractivity contribution in [1.29, 1.82) is 0 Å². The summed E-state index contributed by atoms with van der Waals surface area (Å²) in [6, 6.07) is 17.9. The Hall–Kier alpha value is -2.68. The highest BCUT2D eigenvalue weighted by atomic mass is 16.5. The SMILES string of the molecule is CCOc1nc2ccccc2nc1/C=C/c1ccccc1. The van der Waals surface area contributed by atoms with Gasteiger partial charge in [0.15, 0.2) is 0 Å². The average molecular weight is 276 g/mol. The maximum atomic E-state index is 5.61. The molecule has 3 aromatic rings. The zero-order chi connectivity index (χ0) is 14.5. The molecule has 2 aromatic carbocycles. The molecule has 0 spiro atoms. The van der Waals surface area contributed by atoms with Gasteiger partial charge in [-0.25, -0.2) is 9.97 Å². The Morgan fingerprint density at radius 2 is 1.52 bits per heavy atom. The Labute approximate surface area is 123 Å². The van der Waals surface area contributed by atoms with Gasteiger partial charge < -0.3 is 4.74 Å². The van der Waals surface area contributed by atoms with Gasteiger partial charge in [-0.2, -0.15) is 0 Å². The summed E-state index contributed by atoms with van der Waals surface area (Å²) in [6.07, 6.45) is 3.96. The van der Waals surface area contributed by atoms with Crippen molar-refractivity contribution in [2.45, 2.75) is 6.92 Å². The average Bonchev–Trinajstić information content (AvgIpc) is 2.54. The summed E-state index contributed by atoms with van der Waals surface area (Å²) in [7, 11) is 0. The molecule has 0 amide bonds. The second-order valence-corrected chi connectivity index (χ2v) is 4.58. The summed E-state index contributed by atoms with van der Waals surface area (Å²) in [6.45, 7) is 2.51. The van der Waals surface area contributed by atoms with E-state index in [-0.39, 0.29) is 0 Å². The lowest BCUT2D eigenvalue weighted by Crippen LogP contribution is -1.99. The first-order valence-corrected chi connectivity index (χ1v) is 6.99. The fraction of sp³-hybridized carbons (Fsp3) is 0.111. The molecule has 0 saturated carbocycles. The Morgan fingerprint density at radius 1 is 0.857 bits per heavy atom. The minimum absolute atomic E-state index is 0.569. The normalized spacial score (nSPS) is 11.1. The van der Waals surface area contributed by atoms with Crippen LogP contribution in [0, 0.1) is 0 Å². The van der Waals surface area contributed by atoms with Crippen LogP contribution in [-0.2, 0) is 0 Å². The van der Waals surface area contributed by atoms with Crippen molar-refractivity contribution < 1.29 is 4.74 Å². The minimum atomic E-state index is 0.569. The number of rotatable bonds is 4. The molecule has 1 heterocycles. The Morgan fingerprint density at radius 3 is 2.24 bits per heavy atom. The van der Waals surface area contributed by atoms with Gasteiger partial charge in [-0.05, 0) is 30.7 Å². The summed E-state index contributed by atoms with van der Waals surface area (Å²) in [5.74, 6) is 0.573. The van der Waals surface area contributed by atoms with Crippen molar-refractivity contribution in [2.24, 2.45) is 0 Å². The van der Waals surface area contributed by atoms with Crippen molar-refractivity contribution >= 4 is 23.2 Å². The smallest absolute Gasteiger partial charge is 0.240 e. The molecule has 0 aliphatic heterocycles. The van der Waals surface area contributed by atoms with Crippen LogP contribution in [0.2, 0.25) is 0 Å². The van der Waals surface area contributed by atoms with Gasteiger partial charge >= 0.3 is 0 Å². The lowest BCUT2D eigenvalue weighted by Gasteiger charge is -2.07. The highest BCUT2D eigenvalue weighted by Crippen LogP contribution is 2.21. The van der Waals surface area contributed by atoms with Crippen molar-refractivity contribution in [3.63, 3.8) is 0 Å². The van der Waals surface area contributed by atoms with Gasteiger partial charge in [0.2, 0.25) is 5.88 Å². The number of nitrogens with zero attached hydrogens (tertiary/aromatic N) is 2. The van der Waals surface area contributed by atoms with Crippen LogP contribution in [0.5, 0.6) is 5.88 Å². The fourth-order valence-corrected chi connectivity index (χ4v) is 2.09. The molecular weight excluding hydrogens is 260 g/mol. The third kappa shape index (κ3) is 3.08. The number of fused-ring (bicyclic) bond motifs is 1. The maximum absolute atomic E-state index is 5.61. The third-order valence-corrected chi connectivity index (χ3v) is 3.08. The number of hydrogen-bond acceptors (Lipinski definition) is 3. The van der Waals surface area contributed by atoms with E-state index in [2.05, 4.69) is 9.97 Å². The lowest BCUT2D eigenvalue weighted by atomic mass is 10.2. The maximum Gasteiger partial charge on any atom is 0.240 e. The van der Waals surface area contributed by atoms with Gasteiger partial charge in [0.1, 0.15) is 5.69 Å². The minimum Gasteiger partial charge on any atom is -0.476 e. The van der Waals surface area contributed by atoms with Gasteiger partial charge in [0, 0.05) is 0 Å². The van der Waals surface area contributed by atoms with Gasteiger partial charge in [-0.1, -0.05) is 48.5 Å². The molecule has 0 saturated heterocycles. The Bertz CT molecular complexity index is 767. The van der Waals surface area contributed by atoms with Gasteiger partial charge in [0.05, 0.1) is 17.6 Å². The summed E-state index contributed by atoms with van der Waals surface area (Å²) in [4.78, 5) is 9.18. The van der Waals surface area contributed by atoms with Crippen molar-refractivity contribution in [3.8, 4) is 5.88 Å². The summed E-state index contributed by atoms with van der Waals surface area (Å²) in [5.41, 5.74) is 3.58. The van der Waals surface area contributed by atoms with Crippen molar-refractivity contribution in [2.75, 3.05) is 6.61 Å². The first kappa shape index (κ1) is 13.3. The standard InChI is InChI=1S/C18H16N2O/c1-2-21-18-17(13-12-14-8-4-3-5-9-14)19-15-10-6-7-11-16(15)20-18/h3-13H,2H2,1H3/b13-12+. The largest absolute Gasteiger partial charge is 0.476 e. The Kier molecular flexibility index (Phi) is 3.92. The highest BCUT2D eigenvalue weighted by molar-refractivity contribution is 5.78. The first-order valence-electron chi connectivity index (χ1n) is 6.99. The highest BCUT2D eigenvalue weighted by Gasteiger charge is 2.06. The molecule has 3 heteroatoms. The number of ether oxygens (including phenoxy) is 1. The number of benzene rings is 2. The van der Waals surface area contributed by atoms with E-state index < -0.39 is 0 Å². The number of aromatic nitrogens is 2. The van der Waals surface area contributed by atoms with Crippen LogP contribution >= 0.6 is 0 Å². The molecule has 0 aliphatic rings. The molecule has 0 fully saturated rings. The van der Waals surface area contributed by atoms with Crippen LogP contribution in [0.4, 0.5) is 0 Å². The first-order chi connectivity index (χ1) is 10.4. The molecule has 0 unspecified atom stereocenters. The van der Waals surface area contributed by atoms with E-state index in [1.54, 1.807) is 0 Å². The third-order valence-electron chi connectivity index (χ3n) is 3.08. The van der Waals surface area contributed by atoms with E-state index in [0.717, 1.165) is 22.3 Å². The van der Waals surface area contributed by atoms with E-state index >= 15 is 0 Å². The molecule has 0 radical (unpaired) electrons. The molecule has 0 bridgehead atoms. The second kappa shape index (κ2) is 6.18. The van der Waals surface area contributed by atoms with E-state index in [1.807, 2.05) is 73.7 Å². The van der Waals surface area contributed by atoms with Crippen molar-refractivity contribution in [1.82, 2.24) is 9.97 Å². The molecule has 104 valence electrons. The zero-order valence-electron chi connectivity index (χ0n) is 11.9. The fourth-order valence-electron chi connectivity index (χ4n) is 2.09. The zero-order valence-corrected chi connectivity index (χ0v) is 11.9. The van der Waals surface area contributed by atoms with E-state index in [9.17, 15) is 0 Å². The quantitative estimate of drug-likeness (QED) is 0.716. The van der Waals surface area contributed by atoms with E-state index in [0.29, 0.717) is 12.5 Å². The van der Waals surface area contributed by atoms with Gasteiger partial charge in [-0.3, -0.25) is 0 Å².